The maximum atomic E-state index is 15.1. The Bertz CT molecular complexity index is 1450. The molecule has 1 heterocycles. The van der Waals surface area contributed by atoms with Crippen molar-refractivity contribution in [1.82, 2.24) is 15.3 Å². The van der Waals surface area contributed by atoms with Gasteiger partial charge in [-0.2, -0.15) is 18.4 Å². The van der Waals surface area contributed by atoms with Crippen LogP contribution in [0.25, 0.3) is 0 Å². The second kappa shape index (κ2) is 10.7. The Labute approximate surface area is 212 Å². The summed E-state index contributed by atoms with van der Waals surface area (Å²) >= 11 is 11.9. The van der Waals surface area contributed by atoms with Crippen LogP contribution in [0.1, 0.15) is 21.6 Å². The number of nitro groups is 1. The van der Waals surface area contributed by atoms with Gasteiger partial charge in [-0.05, 0) is 29.2 Å². The second-order valence-corrected chi connectivity index (χ2v) is 7.65. The highest BCUT2D eigenvalue weighted by Gasteiger charge is 2.43. The van der Waals surface area contributed by atoms with Crippen molar-refractivity contribution in [2.45, 2.75) is 12.7 Å². The SMILES string of the molecule is N#Cc1cc(Cl)cc(Oc2c(Cl)ccc(CNC(=O)c3[nH]c(OC(=O)C(F)(F)F)nc3[N+](=O)[O-])c2F)c1. The molecule has 0 saturated heterocycles. The zero-order valence-electron chi connectivity index (χ0n) is 17.7. The molecule has 0 radical (unpaired) electrons. The smallest absolute Gasteiger partial charge is 0.453 e. The first-order valence-corrected chi connectivity index (χ1v) is 10.2. The molecule has 2 N–H and O–H groups in total. The average molecular weight is 562 g/mol. The van der Waals surface area contributed by atoms with E-state index >= 15 is 4.39 Å². The van der Waals surface area contributed by atoms with Crippen molar-refractivity contribution >= 4 is 40.9 Å². The number of nitriles is 1. The molecule has 3 aromatic rings. The number of carbonyl (C=O) groups excluding carboxylic acids is 2. The van der Waals surface area contributed by atoms with Gasteiger partial charge in [0.05, 0.1) is 16.7 Å². The molecule has 0 fully saturated rings. The van der Waals surface area contributed by atoms with E-state index in [-0.39, 0.29) is 26.9 Å². The summed E-state index contributed by atoms with van der Waals surface area (Å²) in [5.74, 6) is -6.85. The summed E-state index contributed by atoms with van der Waals surface area (Å²) in [6, 6.07) is 6.83. The van der Waals surface area contributed by atoms with Crippen LogP contribution in [-0.2, 0) is 11.3 Å². The van der Waals surface area contributed by atoms with Crippen LogP contribution >= 0.6 is 23.2 Å². The summed E-state index contributed by atoms with van der Waals surface area (Å²) in [5.41, 5.74) is -1.08. The molecule has 0 bridgehead atoms. The molecule has 37 heavy (non-hydrogen) atoms. The number of alkyl halides is 3. The number of H-pyrrole nitrogens is 1. The number of carbonyl (C=O) groups is 2. The van der Waals surface area contributed by atoms with Crippen molar-refractivity contribution < 1.29 is 41.5 Å². The largest absolute Gasteiger partial charge is 0.491 e. The zero-order chi connectivity index (χ0) is 27.5. The minimum Gasteiger partial charge on any atom is -0.453 e. The lowest BCUT2D eigenvalue weighted by Crippen LogP contribution is -2.28. The Morgan fingerprint density at radius 2 is 1.95 bits per heavy atom. The summed E-state index contributed by atoms with van der Waals surface area (Å²) in [6.07, 6.45) is -5.43. The van der Waals surface area contributed by atoms with Crippen molar-refractivity contribution in [2.75, 3.05) is 0 Å². The second-order valence-electron chi connectivity index (χ2n) is 6.81. The molecule has 0 aliphatic carbocycles. The molecule has 0 atom stereocenters. The molecule has 1 amide bonds. The van der Waals surface area contributed by atoms with Crippen LogP contribution in [0.2, 0.25) is 10.0 Å². The third-order valence-electron chi connectivity index (χ3n) is 4.27. The lowest BCUT2D eigenvalue weighted by Gasteiger charge is -2.13. The number of benzene rings is 2. The number of hydrogen-bond acceptors (Lipinski definition) is 8. The van der Waals surface area contributed by atoms with Gasteiger partial charge in [-0.15, -0.1) is 0 Å². The molecule has 11 nitrogen and oxygen atoms in total. The quantitative estimate of drug-likeness (QED) is 0.179. The van der Waals surface area contributed by atoms with Crippen molar-refractivity contribution in [2.24, 2.45) is 0 Å². The predicted octanol–water partition coefficient (Wildman–Crippen LogP) is 4.83. The van der Waals surface area contributed by atoms with Crippen LogP contribution in [0.4, 0.5) is 23.4 Å². The van der Waals surface area contributed by atoms with Crippen LogP contribution in [0, 0.1) is 27.3 Å². The van der Waals surface area contributed by atoms with Crippen LogP contribution in [0.3, 0.4) is 0 Å². The fraction of sp³-hybridized carbons (Fsp3) is 0.100. The molecular formula is C20H9Cl2F4N5O6. The van der Waals surface area contributed by atoms with Crippen molar-refractivity contribution in [1.29, 1.82) is 5.26 Å². The van der Waals surface area contributed by atoms with Gasteiger partial charge in [-0.25, -0.2) is 9.18 Å². The third kappa shape index (κ3) is 6.42. The normalized spacial score (nSPS) is 10.9. The Hall–Kier alpha value is -4.42. The molecule has 192 valence electrons. The molecule has 0 aliphatic rings. The number of halogens is 6. The summed E-state index contributed by atoms with van der Waals surface area (Å²) in [7, 11) is 0. The minimum atomic E-state index is -5.43. The first-order chi connectivity index (χ1) is 17.3. The van der Waals surface area contributed by atoms with E-state index in [2.05, 4.69) is 15.0 Å². The van der Waals surface area contributed by atoms with E-state index in [1.807, 2.05) is 6.07 Å². The molecule has 0 aliphatic heterocycles. The first-order valence-electron chi connectivity index (χ1n) is 9.47. The number of nitrogens with zero attached hydrogens (tertiary/aromatic N) is 3. The highest BCUT2D eigenvalue weighted by atomic mass is 35.5. The number of amides is 1. The summed E-state index contributed by atoms with van der Waals surface area (Å²) in [4.78, 5) is 38.1. The van der Waals surface area contributed by atoms with Crippen LogP contribution < -0.4 is 14.8 Å². The molecule has 0 spiro atoms. The molecule has 17 heteroatoms. The fourth-order valence-electron chi connectivity index (χ4n) is 2.70. The van der Waals surface area contributed by atoms with Crippen molar-refractivity contribution in [3.63, 3.8) is 0 Å². The van der Waals surface area contributed by atoms with Crippen LogP contribution in [-0.4, -0.2) is 32.9 Å². The molecular weight excluding hydrogens is 553 g/mol. The molecule has 2 aromatic carbocycles. The molecule has 1 aromatic heterocycles. The number of rotatable bonds is 7. The van der Waals surface area contributed by atoms with Crippen molar-refractivity contribution in [3.05, 3.63) is 73.1 Å². The van der Waals surface area contributed by atoms with Crippen LogP contribution in [0.5, 0.6) is 17.5 Å². The van der Waals surface area contributed by atoms with Gasteiger partial charge in [-0.3, -0.25) is 9.78 Å². The fourth-order valence-corrected chi connectivity index (χ4v) is 3.11. The monoisotopic (exact) mass is 561 g/mol. The van der Waals surface area contributed by atoms with E-state index in [4.69, 9.17) is 33.2 Å². The van der Waals surface area contributed by atoms with Gasteiger partial charge >= 0.3 is 24.0 Å². The van der Waals surface area contributed by atoms with Gasteiger partial charge in [0.15, 0.2) is 11.6 Å². The van der Waals surface area contributed by atoms with Gasteiger partial charge in [0.2, 0.25) is 5.69 Å². The highest BCUT2D eigenvalue weighted by molar-refractivity contribution is 6.32. The van der Waals surface area contributed by atoms with E-state index in [9.17, 15) is 32.9 Å². The Kier molecular flexibility index (Phi) is 7.84. The van der Waals surface area contributed by atoms with E-state index < -0.39 is 58.6 Å². The third-order valence-corrected chi connectivity index (χ3v) is 4.79. The Balaban J connectivity index is 1.81. The molecule has 0 saturated carbocycles. The predicted molar refractivity (Wildman–Crippen MR) is 116 cm³/mol. The average Bonchev–Trinajstić information content (AvgIpc) is 3.24. The number of imidazole rings is 1. The minimum absolute atomic E-state index is 0.0277. The maximum Gasteiger partial charge on any atom is 0.491 e. The summed E-state index contributed by atoms with van der Waals surface area (Å²) in [6.45, 7) is -0.606. The molecule has 3 rings (SSSR count). The van der Waals surface area contributed by atoms with E-state index in [1.165, 1.54) is 24.3 Å². The van der Waals surface area contributed by atoms with Gasteiger partial charge in [-0.1, -0.05) is 29.3 Å². The zero-order valence-corrected chi connectivity index (χ0v) is 19.2. The number of ether oxygens (including phenoxy) is 2. The summed E-state index contributed by atoms with van der Waals surface area (Å²) in [5, 5.41) is 22.2. The van der Waals surface area contributed by atoms with Gasteiger partial charge < -0.3 is 24.9 Å². The van der Waals surface area contributed by atoms with Crippen molar-refractivity contribution in [3.8, 4) is 23.6 Å². The van der Waals surface area contributed by atoms with E-state index in [0.717, 1.165) is 6.07 Å². The first kappa shape index (κ1) is 27.2. The lowest BCUT2D eigenvalue weighted by molar-refractivity contribution is -0.389. The maximum absolute atomic E-state index is 15.1. The number of aromatic amines is 1. The summed E-state index contributed by atoms with van der Waals surface area (Å²) < 4.78 is 61.4. The Morgan fingerprint density at radius 1 is 1.24 bits per heavy atom. The lowest BCUT2D eigenvalue weighted by atomic mass is 10.2. The standard InChI is InChI=1S/C20H9Cl2F4N5O6/c21-10-3-8(6-27)4-11(5-10)36-15-12(22)2-1-9(13(15)23)7-28-17(32)14-16(31(34)35)30-19(29-14)37-18(33)20(24,25)26/h1-5H,7H2,(H,28,32)(H,29,30). The molecule has 0 unspecified atom stereocenters. The van der Waals surface area contributed by atoms with Gasteiger partial charge in [0, 0.05) is 22.1 Å². The number of hydrogen-bond donors (Lipinski definition) is 2. The van der Waals surface area contributed by atoms with Gasteiger partial charge in [0.1, 0.15) is 5.75 Å². The number of aromatic nitrogens is 2. The Morgan fingerprint density at radius 3 is 2.57 bits per heavy atom. The van der Waals surface area contributed by atoms with Crippen LogP contribution in [0.15, 0.2) is 30.3 Å². The van der Waals surface area contributed by atoms with E-state index in [0.29, 0.717) is 0 Å². The topological polar surface area (TPSA) is 160 Å². The number of esters is 1. The van der Waals surface area contributed by atoms with E-state index in [1.54, 1.807) is 4.98 Å². The highest BCUT2D eigenvalue weighted by Crippen LogP contribution is 2.35. The number of nitrogens with one attached hydrogen (secondary N) is 2. The van der Waals surface area contributed by atoms with Gasteiger partial charge in [0.25, 0.3) is 5.91 Å².